The Bertz CT molecular complexity index is 847. The first-order valence-electron chi connectivity index (χ1n) is 7.33. The number of imidazole rings is 1. The van der Waals surface area contributed by atoms with E-state index in [1.807, 2.05) is 61.6 Å². The van der Waals surface area contributed by atoms with Gasteiger partial charge in [-0.1, -0.05) is 11.3 Å². The van der Waals surface area contributed by atoms with E-state index >= 15 is 0 Å². The number of aryl methyl sites for hydroxylation is 2. The van der Waals surface area contributed by atoms with Gasteiger partial charge in [0.25, 0.3) is 5.91 Å². The van der Waals surface area contributed by atoms with Gasteiger partial charge in [-0.15, -0.1) is 0 Å². The maximum absolute atomic E-state index is 12.3. The Labute approximate surface area is 138 Å². The molecule has 0 aliphatic carbocycles. The number of carbonyl (C=O) groups is 1. The van der Waals surface area contributed by atoms with Crippen molar-refractivity contribution in [3.8, 4) is 0 Å². The molecule has 3 aromatic rings. The second-order valence-electron chi connectivity index (χ2n) is 5.58. The van der Waals surface area contributed by atoms with E-state index in [1.165, 1.54) is 0 Å². The average molecular weight is 329 g/mol. The van der Waals surface area contributed by atoms with Gasteiger partial charge in [0.05, 0.1) is 17.9 Å². The van der Waals surface area contributed by atoms with Crippen LogP contribution in [-0.4, -0.2) is 34.6 Å². The van der Waals surface area contributed by atoms with Gasteiger partial charge in [-0.3, -0.25) is 4.79 Å². The van der Waals surface area contributed by atoms with Gasteiger partial charge in [0, 0.05) is 25.3 Å². The fourth-order valence-corrected chi connectivity index (χ4v) is 3.17. The highest BCUT2D eigenvalue weighted by Gasteiger charge is 2.14. The third kappa shape index (κ3) is 3.05. The van der Waals surface area contributed by atoms with Gasteiger partial charge in [0.2, 0.25) is 4.96 Å². The maximum Gasteiger partial charge on any atom is 0.251 e. The molecule has 0 bridgehead atoms. The molecule has 1 amide bonds. The van der Waals surface area contributed by atoms with E-state index < -0.39 is 0 Å². The molecule has 0 radical (unpaired) electrons. The zero-order chi connectivity index (χ0) is 16.6. The summed E-state index contributed by atoms with van der Waals surface area (Å²) in [5, 5.41) is 8.33. The van der Waals surface area contributed by atoms with Gasteiger partial charge in [-0.05, 0) is 38.1 Å². The van der Waals surface area contributed by atoms with Crippen molar-refractivity contribution in [2.45, 2.75) is 20.4 Å². The number of anilines is 1. The summed E-state index contributed by atoms with van der Waals surface area (Å²) in [5.74, 6) is -0.100. The molecule has 0 aliphatic rings. The molecule has 0 unspecified atom stereocenters. The molecule has 1 N–H and O–H groups in total. The third-order valence-electron chi connectivity index (χ3n) is 3.66. The second-order valence-corrected chi connectivity index (χ2v) is 6.74. The van der Waals surface area contributed by atoms with Crippen molar-refractivity contribution in [2.75, 3.05) is 19.0 Å². The minimum atomic E-state index is -0.100. The molecule has 1 aromatic carbocycles. The first-order chi connectivity index (χ1) is 11.0. The van der Waals surface area contributed by atoms with Crippen LogP contribution in [0.3, 0.4) is 0 Å². The first-order valence-corrected chi connectivity index (χ1v) is 8.14. The molecule has 0 saturated heterocycles. The summed E-state index contributed by atoms with van der Waals surface area (Å²) in [6.45, 7) is 4.29. The van der Waals surface area contributed by atoms with Crippen molar-refractivity contribution in [1.29, 1.82) is 0 Å². The lowest BCUT2D eigenvalue weighted by molar-refractivity contribution is 0.0950. The van der Waals surface area contributed by atoms with E-state index in [1.54, 1.807) is 11.3 Å². The average Bonchev–Trinajstić information content (AvgIpc) is 3.00. The van der Waals surface area contributed by atoms with Gasteiger partial charge >= 0.3 is 0 Å². The van der Waals surface area contributed by atoms with Crippen LogP contribution in [0.2, 0.25) is 0 Å². The molecule has 3 rings (SSSR count). The van der Waals surface area contributed by atoms with Crippen LogP contribution in [0.15, 0.2) is 24.3 Å². The van der Waals surface area contributed by atoms with Gasteiger partial charge in [-0.25, -0.2) is 9.50 Å². The molecule has 0 fully saturated rings. The number of carbonyl (C=O) groups excluding carboxylic acids is 1. The maximum atomic E-state index is 12.3. The normalized spacial score (nSPS) is 11.0. The highest BCUT2D eigenvalue weighted by Crippen LogP contribution is 2.18. The van der Waals surface area contributed by atoms with Crippen molar-refractivity contribution >= 4 is 27.9 Å². The summed E-state index contributed by atoms with van der Waals surface area (Å²) in [5.41, 5.74) is 3.52. The van der Waals surface area contributed by atoms with E-state index in [9.17, 15) is 4.79 Å². The van der Waals surface area contributed by atoms with Crippen LogP contribution in [0.1, 0.15) is 26.8 Å². The molecular weight excluding hydrogens is 310 g/mol. The van der Waals surface area contributed by atoms with Crippen LogP contribution in [0, 0.1) is 13.8 Å². The van der Waals surface area contributed by atoms with Gasteiger partial charge in [0.1, 0.15) is 5.01 Å². The standard InChI is InChI=1S/C16H19N5OS/c1-10-14(21-16(18-10)23-11(2)19-21)9-17-15(22)12-5-7-13(8-6-12)20(3)4/h5-8H,9H2,1-4H3,(H,17,22). The lowest BCUT2D eigenvalue weighted by Gasteiger charge is -2.12. The summed E-state index contributed by atoms with van der Waals surface area (Å²) in [4.78, 5) is 19.6. The van der Waals surface area contributed by atoms with E-state index in [2.05, 4.69) is 15.4 Å². The first kappa shape index (κ1) is 15.5. The van der Waals surface area contributed by atoms with Crippen LogP contribution >= 0.6 is 11.3 Å². The minimum absolute atomic E-state index is 0.100. The minimum Gasteiger partial charge on any atom is -0.378 e. The Morgan fingerprint density at radius 1 is 1.26 bits per heavy atom. The molecule has 6 nitrogen and oxygen atoms in total. The monoisotopic (exact) mass is 329 g/mol. The zero-order valence-corrected chi connectivity index (χ0v) is 14.4. The van der Waals surface area contributed by atoms with E-state index in [-0.39, 0.29) is 5.91 Å². The molecule has 2 aromatic heterocycles. The summed E-state index contributed by atoms with van der Waals surface area (Å²) in [6, 6.07) is 7.52. The lowest BCUT2D eigenvalue weighted by atomic mass is 10.2. The van der Waals surface area contributed by atoms with Gasteiger partial charge in [-0.2, -0.15) is 5.10 Å². The van der Waals surface area contributed by atoms with Crippen LogP contribution < -0.4 is 10.2 Å². The third-order valence-corrected chi connectivity index (χ3v) is 4.48. The highest BCUT2D eigenvalue weighted by atomic mass is 32.1. The van der Waals surface area contributed by atoms with Crippen molar-refractivity contribution in [3.63, 3.8) is 0 Å². The molecule has 0 aliphatic heterocycles. The number of hydrogen-bond acceptors (Lipinski definition) is 5. The van der Waals surface area contributed by atoms with Crippen LogP contribution in [0.5, 0.6) is 0 Å². The van der Waals surface area contributed by atoms with Crippen LogP contribution in [-0.2, 0) is 6.54 Å². The molecule has 0 spiro atoms. The summed E-state index contributed by atoms with van der Waals surface area (Å²) >= 11 is 1.55. The number of nitrogens with one attached hydrogen (secondary N) is 1. The van der Waals surface area contributed by atoms with E-state index in [0.29, 0.717) is 12.1 Å². The number of rotatable bonds is 4. The fourth-order valence-electron chi connectivity index (χ4n) is 2.37. The lowest BCUT2D eigenvalue weighted by Crippen LogP contribution is -2.24. The molecule has 0 atom stereocenters. The SMILES string of the molecule is Cc1nn2c(CNC(=O)c3ccc(N(C)C)cc3)c(C)nc2s1. The molecule has 23 heavy (non-hydrogen) atoms. The largest absolute Gasteiger partial charge is 0.378 e. The molecule has 120 valence electrons. The summed E-state index contributed by atoms with van der Waals surface area (Å²) in [6.07, 6.45) is 0. The molecular formula is C16H19N5OS. The number of fused-ring (bicyclic) bond motifs is 1. The molecule has 0 saturated carbocycles. The number of aromatic nitrogens is 3. The van der Waals surface area contributed by atoms with E-state index in [4.69, 9.17) is 0 Å². The Kier molecular flexibility index (Phi) is 4.04. The molecule has 7 heteroatoms. The number of hydrogen-bond donors (Lipinski definition) is 1. The Morgan fingerprint density at radius 2 is 1.96 bits per heavy atom. The molecule has 2 heterocycles. The number of benzene rings is 1. The van der Waals surface area contributed by atoms with Crippen LogP contribution in [0.25, 0.3) is 4.96 Å². The van der Waals surface area contributed by atoms with Crippen molar-refractivity contribution in [3.05, 3.63) is 46.2 Å². The number of nitrogens with zero attached hydrogens (tertiary/aromatic N) is 4. The number of amides is 1. The van der Waals surface area contributed by atoms with Crippen molar-refractivity contribution < 1.29 is 4.79 Å². The van der Waals surface area contributed by atoms with E-state index in [0.717, 1.165) is 27.0 Å². The topological polar surface area (TPSA) is 62.5 Å². The summed E-state index contributed by atoms with van der Waals surface area (Å²) in [7, 11) is 3.94. The highest BCUT2D eigenvalue weighted by molar-refractivity contribution is 7.16. The smallest absolute Gasteiger partial charge is 0.251 e. The van der Waals surface area contributed by atoms with Gasteiger partial charge in [0.15, 0.2) is 0 Å². The fraction of sp³-hybridized carbons (Fsp3) is 0.312. The Morgan fingerprint density at radius 3 is 2.61 bits per heavy atom. The Balaban J connectivity index is 1.74. The van der Waals surface area contributed by atoms with Crippen molar-refractivity contribution in [1.82, 2.24) is 19.9 Å². The predicted molar refractivity (Wildman–Crippen MR) is 92.3 cm³/mol. The Hall–Kier alpha value is -2.41. The van der Waals surface area contributed by atoms with Crippen molar-refractivity contribution in [2.24, 2.45) is 0 Å². The van der Waals surface area contributed by atoms with Gasteiger partial charge < -0.3 is 10.2 Å². The predicted octanol–water partition coefficient (Wildman–Crippen LogP) is 2.40. The second kappa shape index (κ2) is 6.00. The quantitative estimate of drug-likeness (QED) is 0.798. The van der Waals surface area contributed by atoms with Crippen LogP contribution in [0.4, 0.5) is 5.69 Å². The zero-order valence-electron chi connectivity index (χ0n) is 13.6. The summed E-state index contributed by atoms with van der Waals surface area (Å²) < 4.78 is 1.81.